The summed E-state index contributed by atoms with van der Waals surface area (Å²) in [5.41, 5.74) is 0.437. The van der Waals surface area contributed by atoms with E-state index >= 15 is 0 Å². The number of likely N-dealkylation sites (tertiary alicyclic amines) is 1. The Balaban J connectivity index is 1.54. The van der Waals surface area contributed by atoms with E-state index in [-0.39, 0.29) is 28.3 Å². The van der Waals surface area contributed by atoms with Crippen molar-refractivity contribution in [2.75, 3.05) is 13.1 Å². The molecule has 0 bridgehead atoms. The van der Waals surface area contributed by atoms with Crippen molar-refractivity contribution < 1.29 is 23.2 Å². The lowest BCUT2D eigenvalue weighted by molar-refractivity contribution is 0.0574. The molecule has 0 spiro atoms. The first-order valence-electron chi connectivity index (χ1n) is 8.29. The maximum atomic E-state index is 13.4. The second kappa shape index (κ2) is 6.42. The number of fused-ring (bicyclic) bond motifs is 1. The van der Waals surface area contributed by atoms with Gasteiger partial charge in [0.15, 0.2) is 11.6 Å². The average molecular weight is 391 g/mol. The van der Waals surface area contributed by atoms with Gasteiger partial charge in [-0.25, -0.2) is 8.78 Å². The van der Waals surface area contributed by atoms with E-state index in [0.717, 1.165) is 17.0 Å². The zero-order valence-electron chi connectivity index (χ0n) is 13.9. The normalized spacial score (nSPS) is 19.0. The molecule has 0 saturated carbocycles. The summed E-state index contributed by atoms with van der Waals surface area (Å²) < 4.78 is 26.4. The number of carbonyl (C=O) groups excluding carboxylic acids is 3. The van der Waals surface area contributed by atoms with Crippen molar-refractivity contribution >= 4 is 29.3 Å². The van der Waals surface area contributed by atoms with Gasteiger partial charge in [0, 0.05) is 18.7 Å². The van der Waals surface area contributed by atoms with Crippen LogP contribution in [-0.4, -0.2) is 46.7 Å². The fraction of sp³-hybridized carbons (Fsp3) is 0.211. The standard InChI is InChI=1S/C19H13ClF2N2O3/c20-13-3-1-2-12-16(13)19(27)24(18(12)26)11-6-7-23(9-11)17(25)10-4-5-14(21)15(22)8-10/h1-5,8,11H,6-7,9H2. The minimum absolute atomic E-state index is 0.0138. The average Bonchev–Trinajstić information content (AvgIpc) is 3.21. The molecule has 1 unspecified atom stereocenters. The summed E-state index contributed by atoms with van der Waals surface area (Å²) >= 11 is 6.06. The van der Waals surface area contributed by atoms with Crippen molar-refractivity contribution in [3.05, 3.63) is 69.7 Å². The molecule has 3 amide bonds. The summed E-state index contributed by atoms with van der Waals surface area (Å²) in [4.78, 5) is 40.4. The van der Waals surface area contributed by atoms with E-state index in [9.17, 15) is 23.2 Å². The van der Waals surface area contributed by atoms with Gasteiger partial charge in [0.05, 0.1) is 22.2 Å². The summed E-state index contributed by atoms with van der Waals surface area (Å²) in [6.07, 6.45) is 0.401. The fourth-order valence-corrected chi connectivity index (χ4v) is 3.80. The van der Waals surface area contributed by atoms with E-state index < -0.39 is 35.4 Å². The Bertz CT molecular complexity index is 995. The topological polar surface area (TPSA) is 57.7 Å². The Morgan fingerprint density at radius 3 is 2.56 bits per heavy atom. The number of carbonyl (C=O) groups is 3. The third-order valence-corrected chi connectivity index (χ3v) is 5.19. The van der Waals surface area contributed by atoms with E-state index in [4.69, 9.17) is 11.6 Å². The lowest BCUT2D eigenvalue weighted by atomic mass is 10.1. The second-order valence-electron chi connectivity index (χ2n) is 6.47. The maximum absolute atomic E-state index is 13.4. The first-order valence-corrected chi connectivity index (χ1v) is 8.67. The molecule has 1 saturated heterocycles. The largest absolute Gasteiger partial charge is 0.336 e. The van der Waals surface area contributed by atoms with Crippen LogP contribution in [0, 0.1) is 11.6 Å². The molecule has 5 nitrogen and oxygen atoms in total. The van der Waals surface area contributed by atoms with Crippen LogP contribution in [0.1, 0.15) is 37.5 Å². The van der Waals surface area contributed by atoms with Gasteiger partial charge in [-0.2, -0.15) is 0 Å². The Morgan fingerprint density at radius 1 is 1.07 bits per heavy atom. The van der Waals surface area contributed by atoms with Crippen LogP contribution in [0.2, 0.25) is 5.02 Å². The van der Waals surface area contributed by atoms with Gasteiger partial charge >= 0.3 is 0 Å². The van der Waals surface area contributed by atoms with Crippen LogP contribution in [0.25, 0.3) is 0 Å². The molecule has 0 radical (unpaired) electrons. The molecule has 0 aromatic heterocycles. The minimum Gasteiger partial charge on any atom is -0.336 e. The van der Waals surface area contributed by atoms with Crippen LogP contribution in [0.3, 0.4) is 0 Å². The lowest BCUT2D eigenvalue weighted by Crippen LogP contribution is -2.42. The highest BCUT2D eigenvalue weighted by molar-refractivity contribution is 6.37. The Morgan fingerprint density at radius 2 is 1.85 bits per heavy atom. The van der Waals surface area contributed by atoms with Gasteiger partial charge in [-0.15, -0.1) is 0 Å². The van der Waals surface area contributed by atoms with Crippen molar-refractivity contribution in [1.29, 1.82) is 0 Å². The quantitative estimate of drug-likeness (QED) is 0.740. The van der Waals surface area contributed by atoms with Gasteiger partial charge in [0.25, 0.3) is 17.7 Å². The number of nitrogens with zero attached hydrogens (tertiary/aromatic N) is 2. The SMILES string of the molecule is O=C(c1ccc(F)c(F)c1)N1CCC(N2C(=O)c3cccc(Cl)c3C2=O)C1. The molecule has 8 heteroatoms. The third kappa shape index (κ3) is 2.78. The van der Waals surface area contributed by atoms with E-state index in [0.29, 0.717) is 13.0 Å². The number of halogens is 3. The van der Waals surface area contributed by atoms with Crippen molar-refractivity contribution in [1.82, 2.24) is 9.80 Å². The minimum atomic E-state index is -1.11. The zero-order valence-corrected chi connectivity index (χ0v) is 14.7. The summed E-state index contributed by atoms with van der Waals surface area (Å²) in [7, 11) is 0. The van der Waals surface area contributed by atoms with Crippen molar-refractivity contribution in [3.8, 4) is 0 Å². The van der Waals surface area contributed by atoms with Gasteiger partial charge in [0.2, 0.25) is 0 Å². The lowest BCUT2D eigenvalue weighted by Gasteiger charge is -2.22. The molecule has 2 heterocycles. The van der Waals surface area contributed by atoms with Gasteiger partial charge in [0.1, 0.15) is 0 Å². The van der Waals surface area contributed by atoms with Crippen molar-refractivity contribution in [2.24, 2.45) is 0 Å². The van der Waals surface area contributed by atoms with E-state index in [1.165, 1.54) is 11.0 Å². The summed E-state index contributed by atoms with van der Waals surface area (Å²) in [6, 6.07) is 7.13. The van der Waals surface area contributed by atoms with Crippen LogP contribution in [-0.2, 0) is 0 Å². The molecule has 138 valence electrons. The molecule has 2 aliphatic rings. The molecular formula is C19H13ClF2N2O3. The van der Waals surface area contributed by atoms with Gasteiger partial charge in [-0.3, -0.25) is 19.3 Å². The maximum Gasteiger partial charge on any atom is 0.263 e. The molecule has 2 aliphatic heterocycles. The highest BCUT2D eigenvalue weighted by atomic mass is 35.5. The highest BCUT2D eigenvalue weighted by Gasteiger charge is 2.44. The molecule has 2 aromatic rings. The first kappa shape index (κ1) is 17.6. The zero-order chi connectivity index (χ0) is 19.3. The molecule has 27 heavy (non-hydrogen) atoms. The molecule has 0 aliphatic carbocycles. The van der Waals surface area contributed by atoms with Crippen LogP contribution in [0.4, 0.5) is 8.78 Å². The monoisotopic (exact) mass is 390 g/mol. The fourth-order valence-electron chi connectivity index (χ4n) is 3.54. The van der Waals surface area contributed by atoms with E-state index in [2.05, 4.69) is 0 Å². The van der Waals surface area contributed by atoms with Crippen molar-refractivity contribution in [2.45, 2.75) is 12.5 Å². The molecule has 4 rings (SSSR count). The van der Waals surface area contributed by atoms with E-state index in [1.807, 2.05) is 0 Å². The summed E-state index contributed by atoms with van der Waals surface area (Å²) in [5.74, 6) is -3.54. The van der Waals surface area contributed by atoms with Crippen molar-refractivity contribution in [3.63, 3.8) is 0 Å². The number of imide groups is 1. The number of benzene rings is 2. The number of rotatable bonds is 2. The van der Waals surface area contributed by atoms with Crippen LogP contribution in [0.15, 0.2) is 36.4 Å². The Labute approximate surface area is 158 Å². The highest BCUT2D eigenvalue weighted by Crippen LogP contribution is 2.32. The van der Waals surface area contributed by atoms with E-state index in [1.54, 1.807) is 18.2 Å². The number of hydrogen-bond donors (Lipinski definition) is 0. The van der Waals surface area contributed by atoms with Crippen LogP contribution >= 0.6 is 11.6 Å². The predicted octanol–water partition coefficient (Wildman–Crippen LogP) is 3.13. The number of amides is 3. The van der Waals surface area contributed by atoms with Crippen LogP contribution in [0.5, 0.6) is 0 Å². The molecule has 1 fully saturated rings. The molecular weight excluding hydrogens is 378 g/mol. The third-order valence-electron chi connectivity index (χ3n) is 4.88. The molecule has 1 atom stereocenters. The van der Waals surface area contributed by atoms with Gasteiger partial charge < -0.3 is 4.90 Å². The van der Waals surface area contributed by atoms with Crippen LogP contribution < -0.4 is 0 Å². The smallest absolute Gasteiger partial charge is 0.263 e. The first-order chi connectivity index (χ1) is 12.9. The van der Waals surface area contributed by atoms with Gasteiger partial charge in [-0.1, -0.05) is 17.7 Å². The second-order valence-corrected chi connectivity index (χ2v) is 6.87. The molecule has 0 N–H and O–H groups in total. The summed E-state index contributed by atoms with van der Waals surface area (Å²) in [5, 5.41) is 0.209. The number of hydrogen-bond acceptors (Lipinski definition) is 3. The Hall–Kier alpha value is -2.80. The predicted molar refractivity (Wildman–Crippen MR) is 92.6 cm³/mol. The summed E-state index contributed by atoms with van der Waals surface area (Å²) in [6.45, 7) is 0.421. The van der Waals surface area contributed by atoms with Gasteiger partial charge in [-0.05, 0) is 36.8 Å². The Kier molecular flexibility index (Phi) is 4.19. The molecule has 2 aromatic carbocycles.